The average molecular weight is 262 g/mol. The Balaban J connectivity index is 2.29. The average Bonchev–Trinajstić information content (AvgIpc) is 2.32. The van der Waals surface area contributed by atoms with Crippen molar-refractivity contribution >= 4 is 23.2 Å². The molecule has 1 heterocycles. The number of hydrogen-bond acceptors (Lipinski definition) is 3. The highest BCUT2D eigenvalue weighted by molar-refractivity contribution is 6.34. The molecule has 0 amide bonds. The summed E-state index contributed by atoms with van der Waals surface area (Å²) in [6.45, 7) is 2.31. The highest BCUT2D eigenvalue weighted by Gasteiger charge is 2.20. The van der Waals surface area contributed by atoms with Gasteiger partial charge < -0.3 is 14.8 Å². The molecular weight excluding hydrogens is 249 g/mol. The zero-order valence-electron chi connectivity index (χ0n) is 8.93. The summed E-state index contributed by atoms with van der Waals surface area (Å²) in [6, 6.07) is 3.53. The molecule has 1 saturated heterocycles. The molecule has 1 aromatic carbocycles. The van der Waals surface area contributed by atoms with Crippen molar-refractivity contribution in [3.63, 3.8) is 0 Å². The van der Waals surface area contributed by atoms with Crippen LogP contribution in [0.2, 0.25) is 10.0 Å². The van der Waals surface area contributed by atoms with Crippen LogP contribution in [0.4, 0.5) is 0 Å². The first-order valence-electron chi connectivity index (χ1n) is 5.07. The number of nitrogens with one attached hydrogen (secondary N) is 1. The number of rotatable bonds is 2. The van der Waals surface area contributed by atoms with Crippen molar-refractivity contribution in [2.24, 2.45) is 0 Å². The summed E-state index contributed by atoms with van der Waals surface area (Å²) in [5.41, 5.74) is 0.902. The van der Waals surface area contributed by atoms with Crippen molar-refractivity contribution in [3.05, 3.63) is 27.7 Å². The first-order chi connectivity index (χ1) is 7.72. The van der Waals surface area contributed by atoms with Crippen molar-refractivity contribution in [1.82, 2.24) is 5.32 Å². The molecule has 16 heavy (non-hydrogen) atoms. The van der Waals surface area contributed by atoms with Crippen LogP contribution in [0.25, 0.3) is 0 Å². The molecule has 1 aromatic rings. The second-order valence-corrected chi connectivity index (χ2v) is 4.39. The number of benzene rings is 1. The molecule has 1 aliphatic rings. The van der Waals surface area contributed by atoms with Crippen LogP contribution in [0.5, 0.6) is 5.75 Å². The molecule has 0 bridgehead atoms. The molecule has 88 valence electrons. The van der Waals surface area contributed by atoms with Gasteiger partial charge in [0.05, 0.1) is 29.9 Å². The molecule has 0 radical (unpaired) electrons. The lowest BCUT2D eigenvalue weighted by Crippen LogP contribution is -2.33. The number of halogens is 2. The quantitative estimate of drug-likeness (QED) is 0.888. The maximum absolute atomic E-state index is 6.17. The largest absolute Gasteiger partial charge is 0.495 e. The Kier molecular flexibility index (Phi) is 3.92. The van der Waals surface area contributed by atoms with Gasteiger partial charge in [0.15, 0.2) is 0 Å². The molecule has 0 aliphatic carbocycles. The highest BCUT2D eigenvalue weighted by atomic mass is 35.5. The van der Waals surface area contributed by atoms with Gasteiger partial charge in [-0.05, 0) is 6.07 Å². The third kappa shape index (κ3) is 2.43. The van der Waals surface area contributed by atoms with Crippen molar-refractivity contribution in [2.45, 2.75) is 6.10 Å². The SMILES string of the molecule is COc1cc(Cl)c(C2CNCCO2)cc1Cl. The van der Waals surface area contributed by atoms with Gasteiger partial charge in [0.1, 0.15) is 5.75 Å². The Hall–Kier alpha value is -0.480. The first kappa shape index (κ1) is 12.0. The lowest BCUT2D eigenvalue weighted by molar-refractivity contribution is 0.0277. The van der Waals surface area contributed by atoms with E-state index in [1.165, 1.54) is 0 Å². The van der Waals surface area contributed by atoms with E-state index in [1.54, 1.807) is 19.2 Å². The second kappa shape index (κ2) is 5.23. The van der Waals surface area contributed by atoms with E-state index in [1.807, 2.05) is 0 Å². The smallest absolute Gasteiger partial charge is 0.138 e. The van der Waals surface area contributed by atoms with Crippen LogP contribution < -0.4 is 10.1 Å². The predicted octanol–water partition coefficient (Wildman–Crippen LogP) is 2.66. The van der Waals surface area contributed by atoms with E-state index in [0.717, 1.165) is 18.7 Å². The zero-order valence-corrected chi connectivity index (χ0v) is 10.4. The Morgan fingerprint density at radius 3 is 2.81 bits per heavy atom. The minimum Gasteiger partial charge on any atom is -0.495 e. The van der Waals surface area contributed by atoms with E-state index in [0.29, 0.717) is 22.4 Å². The maximum Gasteiger partial charge on any atom is 0.138 e. The lowest BCUT2D eigenvalue weighted by atomic mass is 10.1. The number of morpholine rings is 1. The summed E-state index contributed by atoms with van der Waals surface area (Å²) in [7, 11) is 1.57. The van der Waals surface area contributed by atoms with Gasteiger partial charge in [-0.2, -0.15) is 0 Å². The van der Waals surface area contributed by atoms with Gasteiger partial charge in [0, 0.05) is 24.7 Å². The Morgan fingerprint density at radius 1 is 1.38 bits per heavy atom. The summed E-state index contributed by atoms with van der Waals surface area (Å²) in [6.07, 6.45) is -0.0374. The third-order valence-corrected chi connectivity index (χ3v) is 3.17. The normalized spacial score (nSPS) is 20.8. The summed E-state index contributed by atoms with van der Waals surface area (Å²) in [4.78, 5) is 0. The van der Waals surface area contributed by atoms with E-state index in [-0.39, 0.29) is 6.10 Å². The lowest BCUT2D eigenvalue weighted by Gasteiger charge is -2.25. The monoisotopic (exact) mass is 261 g/mol. The fraction of sp³-hybridized carbons (Fsp3) is 0.455. The number of hydrogen-bond donors (Lipinski definition) is 1. The van der Waals surface area contributed by atoms with Gasteiger partial charge in [-0.1, -0.05) is 23.2 Å². The maximum atomic E-state index is 6.17. The third-order valence-electron chi connectivity index (χ3n) is 2.55. The number of ether oxygens (including phenoxy) is 2. The molecule has 3 nitrogen and oxygen atoms in total. The first-order valence-corrected chi connectivity index (χ1v) is 5.83. The van der Waals surface area contributed by atoms with Gasteiger partial charge >= 0.3 is 0 Å². The van der Waals surface area contributed by atoms with E-state index in [9.17, 15) is 0 Å². The summed E-state index contributed by atoms with van der Waals surface area (Å²) in [5, 5.41) is 4.42. The van der Waals surface area contributed by atoms with E-state index >= 15 is 0 Å². The summed E-state index contributed by atoms with van der Waals surface area (Å²) < 4.78 is 10.7. The minimum atomic E-state index is -0.0374. The molecule has 1 N–H and O–H groups in total. The molecular formula is C11H13Cl2NO2. The number of methoxy groups -OCH3 is 1. The van der Waals surface area contributed by atoms with Crippen molar-refractivity contribution < 1.29 is 9.47 Å². The van der Waals surface area contributed by atoms with Gasteiger partial charge in [0.2, 0.25) is 0 Å². The van der Waals surface area contributed by atoms with Crippen molar-refractivity contribution in [2.75, 3.05) is 26.8 Å². The topological polar surface area (TPSA) is 30.5 Å². The van der Waals surface area contributed by atoms with Gasteiger partial charge in [-0.15, -0.1) is 0 Å². The molecule has 2 rings (SSSR count). The van der Waals surface area contributed by atoms with E-state index in [4.69, 9.17) is 32.7 Å². The van der Waals surface area contributed by atoms with Crippen LogP contribution in [0.3, 0.4) is 0 Å². The van der Waals surface area contributed by atoms with Crippen LogP contribution in [-0.4, -0.2) is 26.8 Å². The Labute approximate surface area is 105 Å². The van der Waals surface area contributed by atoms with Gasteiger partial charge in [-0.25, -0.2) is 0 Å². The summed E-state index contributed by atoms with van der Waals surface area (Å²) >= 11 is 12.2. The molecule has 0 aromatic heterocycles. The molecule has 1 atom stereocenters. The minimum absolute atomic E-state index is 0.0374. The van der Waals surface area contributed by atoms with Crippen LogP contribution >= 0.6 is 23.2 Å². The van der Waals surface area contributed by atoms with E-state index in [2.05, 4.69) is 5.32 Å². The van der Waals surface area contributed by atoms with Crippen LogP contribution in [0, 0.1) is 0 Å². The van der Waals surface area contributed by atoms with E-state index < -0.39 is 0 Å². The highest BCUT2D eigenvalue weighted by Crippen LogP contribution is 2.35. The molecule has 0 saturated carbocycles. The molecule has 5 heteroatoms. The molecule has 0 spiro atoms. The predicted molar refractivity (Wildman–Crippen MR) is 64.6 cm³/mol. The molecule has 1 unspecified atom stereocenters. The van der Waals surface area contributed by atoms with Crippen LogP contribution in [-0.2, 0) is 4.74 Å². The van der Waals surface area contributed by atoms with Crippen LogP contribution in [0.1, 0.15) is 11.7 Å². The fourth-order valence-corrected chi connectivity index (χ4v) is 2.24. The van der Waals surface area contributed by atoms with Crippen molar-refractivity contribution in [3.8, 4) is 5.75 Å². The van der Waals surface area contributed by atoms with Gasteiger partial charge in [0.25, 0.3) is 0 Å². The molecule has 1 fully saturated rings. The second-order valence-electron chi connectivity index (χ2n) is 3.57. The van der Waals surface area contributed by atoms with Gasteiger partial charge in [-0.3, -0.25) is 0 Å². The zero-order chi connectivity index (χ0) is 11.5. The molecule has 1 aliphatic heterocycles. The van der Waals surface area contributed by atoms with Crippen molar-refractivity contribution in [1.29, 1.82) is 0 Å². The standard InChI is InChI=1S/C11H13Cl2NO2/c1-15-10-5-8(12)7(4-9(10)13)11-6-14-2-3-16-11/h4-5,11,14H,2-3,6H2,1H3. The Morgan fingerprint density at radius 2 is 2.19 bits per heavy atom. The van der Waals surface area contributed by atoms with Crippen LogP contribution in [0.15, 0.2) is 12.1 Å². The summed E-state index contributed by atoms with van der Waals surface area (Å²) in [5.74, 6) is 0.583. The fourth-order valence-electron chi connectivity index (χ4n) is 1.71. The Bertz CT molecular complexity index is 378.